The number of halogens is 1. The van der Waals surface area contributed by atoms with Gasteiger partial charge in [-0.05, 0) is 37.5 Å². The van der Waals surface area contributed by atoms with Crippen LogP contribution in [0.5, 0.6) is 0 Å². The summed E-state index contributed by atoms with van der Waals surface area (Å²) in [7, 11) is -3.39. The van der Waals surface area contributed by atoms with Gasteiger partial charge in [0.15, 0.2) is 0 Å². The molecule has 1 fully saturated rings. The topological polar surface area (TPSA) is 49.4 Å². The quantitative estimate of drug-likeness (QED) is 0.895. The van der Waals surface area contributed by atoms with Gasteiger partial charge in [-0.1, -0.05) is 40.9 Å². The number of benzene rings is 1. The zero-order chi connectivity index (χ0) is 14.6. The molecule has 20 heavy (non-hydrogen) atoms. The first-order valence-corrected chi connectivity index (χ1v) is 9.25. The SMILES string of the molecule is CC(NS(=O)(=O)N1CCCCCC1)c1ccc(Br)cc1. The minimum absolute atomic E-state index is 0.226. The van der Waals surface area contributed by atoms with E-state index in [9.17, 15) is 8.42 Å². The van der Waals surface area contributed by atoms with E-state index in [4.69, 9.17) is 0 Å². The van der Waals surface area contributed by atoms with Crippen LogP contribution in [0.15, 0.2) is 28.7 Å². The van der Waals surface area contributed by atoms with Crippen LogP contribution in [-0.4, -0.2) is 25.8 Å². The third kappa shape index (κ3) is 4.28. The van der Waals surface area contributed by atoms with Gasteiger partial charge in [-0.15, -0.1) is 0 Å². The van der Waals surface area contributed by atoms with Crippen LogP contribution in [0.25, 0.3) is 0 Å². The molecule has 112 valence electrons. The first kappa shape index (κ1) is 15.9. The molecule has 1 aromatic carbocycles. The Morgan fingerprint density at radius 2 is 1.65 bits per heavy atom. The number of nitrogens with zero attached hydrogens (tertiary/aromatic N) is 1. The van der Waals surface area contributed by atoms with E-state index >= 15 is 0 Å². The lowest BCUT2D eigenvalue weighted by Gasteiger charge is -2.23. The fourth-order valence-electron chi connectivity index (χ4n) is 2.40. The summed E-state index contributed by atoms with van der Waals surface area (Å²) in [6.45, 7) is 3.13. The second kappa shape index (κ2) is 7.02. The van der Waals surface area contributed by atoms with Crippen molar-refractivity contribution in [3.63, 3.8) is 0 Å². The first-order chi connectivity index (χ1) is 9.49. The molecule has 1 N–H and O–H groups in total. The van der Waals surface area contributed by atoms with Crippen molar-refractivity contribution in [3.8, 4) is 0 Å². The summed E-state index contributed by atoms with van der Waals surface area (Å²) < 4.78 is 30.1. The van der Waals surface area contributed by atoms with Gasteiger partial charge in [0.25, 0.3) is 10.2 Å². The monoisotopic (exact) mass is 360 g/mol. The summed E-state index contributed by atoms with van der Waals surface area (Å²) in [4.78, 5) is 0. The molecule has 0 saturated carbocycles. The van der Waals surface area contributed by atoms with Crippen molar-refractivity contribution in [1.29, 1.82) is 0 Å². The summed E-state index contributed by atoms with van der Waals surface area (Å²) in [6.07, 6.45) is 4.14. The van der Waals surface area contributed by atoms with E-state index in [0.29, 0.717) is 13.1 Å². The van der Waals surface area contributed by atoms with Gasteiger partial charge in [-0.2, -0.15) is 17.4 Å². The summed E-state index contributed by atoms with van der Waals surface area (Å²) in [5, 5.41) is 0. The van der Waals surface area contributed by atoms with Crippen molar-refractivity contribution in [3.05, 3.63) is 34.3 Å². The average molecular weight is 361 g/mol. The fraction of sp³-hybridized carbons (Fsp3) is 0.571. The van der Waals surface area contributed by atoms with Crippen molar-refractivity contribution in [2.45, 2.75) is 38.6 Å². The Labute approximate surface area is 129 Å². The maximum atomic E-state index is 12.4. The molecule has 1 saturated heterocycles. The normalized spacial score (nSPS) is 19.5. The Bertz CT molecular complexity index is 523. The molecule has 0 aromatic heterocycles. The van der Waals surface area contributed by atoms with Crippen LogP contribution in [0.2, 0.25) is 0 Å². The van der Waals surface area contributed by atoms with Gasteiger partial charge >= 0.3 is 0 Å². The largest absolute Gasteiger partial charge is 0.279 e. The molecular formula is C14H21BrN2O2S. The number of hydrogen-bond donors (Lipinski definition) is 1. The van der Waals surface area contributed by atoms with Gasteiger partial charge in [0.2, 0.25) is 0 Å². The minimum atomic E-state index is -3.39. The predicted molar refractivity (Wildman–Crippen MR) is 84.7 cm³/mol. The Balaban J connectivity index is 2.04. The van der Waals surface area contributed by atoms with Gasteiger partial charge < -0.3 is 0 Å². The van der Waals surface area contributed by atoms with E-state index in [1.54, 1.807) is 4.31 Å². The molecule has 4 nitrogen and oxygen atoms in total. The number of hydrogen-bond acceptors (Lipinski definition) is 2. The Hall–Kier alpha value is -0.430. The molecule has 0 radical (unpaired) electrons. The molecule has 0 spiro atoms. The first-order valence-electron chi connectivity index (χ1n) is 7.02. The van der Waals surface area contributed by atoms with Crippen LogP contribution in [0, 0.1) is 0 Å². The number of nitrogens with one attached hydrogen (secondary N) is 1. The lowest BCUT2D eigenvalue weighted by Crippen LogP contribution is -2.42. The average Bonchev–Trinajstić information content (AvgIpc) is 2.68. The molecule has 0 aliphatic carbocycles. The standard InChI is InChI=1S/C14H21BrN2O2S/c1-12(13-6-8-14(15)9-7-13)16-20(18,19)17-10-4-2-3-5-11-17/h6-9,12,16H,2-5,10-11H2,1H3. The van der Waals surface area contributed by atoms with E-state index in [0.717, 1.165) is 35.7 Å². The van der Waals surface area contributed by atoms with Gasteiger partial charge in [0.1, 0.15) is 0 Å². The van der Waals surface area contributed by atoms with Crippen LogP contribution in [-0.2, 0) is 10.2 Å². The van der Waals surface area contributed by atoms with Gasteiger partial charge in [0.05, 0.1) is 0 Å². The summed E-state index contributed by atoms with van der Waals surface area (Å²) in [5.74, 6) is 0. The highest BCUT2D eigenvalue weighted by Crippen LogP contribution is 2.19. The molecule has 0 amide bonds. The molecular weight excluding hydrogens is 340 g/mol. The van der Waals surface area contributed by atoms with Gasteiger partial charge in [0, 0.05) is 23.6 Å². The Kier molecular flexibility index (Phi) is 5.60. The van der Waals surface area contributed by atoms with E-state index in [1.807, 2.05) is 31.2 Å². The lowest BCUT2D eigenvalue weighted by molar-refractivity contribution is 0.410. The van der Waals surface area contributed by atoms with Crippen molar-refractivity contribution < 1.29 is 8.42 Å². The lowest BCUT2D eigenvalue weighted by atomic mass is 10.1. The van der Waals surface area contributed by atoms with E-state index in [-0.39, 0.29) is 6.04 Å². The maximum absolute atomic E-state index is 12.4. The molecule has 1 aliphatic rings. The molecule has 1 aliphatic heterocycles. The molecule has 6 heteroatoms. The number of rotatable bonds is 4. The molecule has 1 atom stereocenters. The van der Waals surface area contributed by atoms with Crippen LogP contribution in [0.4, 0.5) is 0 Å². The van der Waals surface area contributed by atoms with E-state index < -0.39 is 10.2 Å². The smallest absolute Gasteiger partial charge is 0.195 e. The fourth-order valence-corrected chi connectivity index (χ4v) is 4.13. The maximum Gasteiger partial charge on any atom is 0.279 e. The zero-order valence-corrected chi connectivity index (χ0v) is 14.1. The van der Waals surface area contributed by atoms with Crippen molar-refractivity contribution in [2.75, 3.05) is 13.1 Å². The third-order valence-electron chi connectivity index (χ3n) is 3.60. The molecule has 1 aromatic rings. The summed E-state index contributed by atoms with van der Waals surface area (Å²) in [6, 6.07) is 7.48. The van der Waals surface area contributed by atoms with E-state index in [2.05, 4.69) is 20.7 Å². The molecule has 0 bridgehead atoms. The van der Waals surface area contributed by atoms with Crippen molar-refractivity contribution >= 4 is 26.1 Å². The summed E-state index contributed by atoms with van der Waals surface area (Å²) in [5.41, 5.74) is 0.964. The highest BCUT2D eigenvalue weighted by atomic mass is 79.9. The Morgan fingerprint density at radius 1 is 1.10 bits per heavy atom. The van der Waals surface area contributed by atoms with E-state index in [1.165, 1.54) is 0 Å². The third-order valence-corrected chi connectivity index (χ3v) is 5.83. The van der Waals surface area contributed by atoms with Crippen LogP contribution < -0.4 is 4.72 Å². The van der Waals surface area contributed by atoms with Crippen LogP contribution >= 0.6 is 15.9 Å². The highest BCUT2D eigenvalue weighted by molar-refractivity contribution is 9.10. The zero-order valence-electron chi connectivity index (χ0n) is 11.7. The van der Waals surface area contributed by atoms with Crippen molar-refractivity contribution in [2.24, 2.45) is 0 Å². The molecule has 2 rings (SSSR count). The van der Waals surface area contributed by atoms with Gasteiger partial charge in [-0.25, -0.2) is 0 Å². The predicted octanol–water partition coefficient (Wildman–Crippen LogP) is 3.22. The second-order valence-electron chi connectivity index (χ2n) is 5.21. The second-order valence-corrected chi connectivity index (χ2v) is 7.83. The van der Waals surface area contributed by atoms with Gasteiger partial charge in [-0.3, -0.25) is 0 Å². The van der Waals surface area contributed by atoms with Crippen molar-refractivity contribution in [1.82, 2.24) is 9.03 Å². The van der Waals surface area contributed by atoms with Crippen LogP contribution in [0.3, 0.4) is 0 Å². The molecule has 1 unspecified atom stereocenters. The summed E-state index contributed by atoms with van der Waals surface area (Å²) >= 11 is 3.38. The Morgan fingerprint density at radius 3 is 2.20 bits per heavy atom. The highest BCUT2D eigenvalue weighted by Gasteiger charge is 2.24. The molecule has 1 heterocycles. The van der Waals surface area contributed by atoms with Crippen LogP contribution in [0.1, 0.15) is 44.2 Å². The minimum Gasteiger partial charge on any atom is -0.195 e.